The van der Waals surface area contributed by atoms with Crippen molar-refractivity contribution in [3.05, 3.63) is 43.5 Å². The van der Waals surface area contributed by atoms with Crippen LogP contribution in [-0.4, -0.2) is 53.9 Å². The van der Waals surface area contributed by atoms with Gasteiger partial charge in [0.1, 0.15) is 11.6 Å². The second-order valence-electron chi connectivity index (χ2n) is 7.23. The van der Waals surface area contributed by atoms with Crippen LogP contribution in [0.5, 0.6) is 5.88 Å². The Morgan fingerprint density at radius 3 is 3.00 bits per heavy atom. The van der Waals surface area contributed by atoms with E-state index in [9.17, 15) is 4.79 Å². The Morgan fingerprint density at radius 1 is 1.33 bits per heavy atom. The number of rotatable bonds is 4. The Kier molecular flexibility index (Phi) is 3.53. The van der Waals surface area contributed by atoms with Crippen LogP contribution >= 0.6 is 0 Å². The van der Waals surface area contributed by atoms with Gasteiger partial charge in [-0.3, -0.25) is 9.48 Å². The van der Waals surface area contributed by atoms with Crippen molar-refractivity contribution in [1.82, 2.24) is 29.3 Å². The number of aryl methyl sites for hydroxylation is 1. The summed E-state index contributed by atoms with van der Waals surface area (Å²) in [7, 11) is 1.87. The minimum absolute atomic E-state index is 0.00628. The summed E-state index contributed by atoms with van der Waals surface area (Å²) in [6, 6.07) is 2.15. The number of nitrogens with zero attached hydrogens (tertiary/aromatic N) is 6. The highest BCUT2D eigenvalue weighted by atomic mass is 16.5. The Balaban J connectivity index is 1.41. The van der Waals surface area contributed by atoms with Gasteiger partial charge in [0.2, 0.25) is 11.8 Å². The molecule has 1 saturated carbocycles. The fourth-order valence-corrected chi connectivity index (χ4v) is 4.18. The fourth-order valence-electron chi connectivity index (χ4n) is 4.18. The first-order chi connectivity index (χ1) is 13.1. The highest BCUT2D eigenvalue weighted by molar-refractivity contribution is 5.88. The van der Waals surface area contributed by atoms with Gasteiger partial charge in [0, 0.05) is 43.7 Å². The first kappa shape index (κ1) is 16.0. The zero-order chi connectivity index (χ0) is 18.5. The zero-order valence-electron chi connectivity index (χ0n) is 15.0. The van der Waals surface area contributed by atoms with Crippen LogP contribution < -0.4 is 4.74 Å². The van der Waals surface area contributed by atoms with E-state index in [4.69, 9.17) is 9.72 Å². The van der Waals surface area contributed by atoms with Crippen molar-refractivity contribution in [3.63, 3.8) is 0 Å². The topological polar surface area (TPSA) is 77.6 Å². The standard InChI is InChI=1S/C19H20N6O2/c1-3-18(26)24-10-12-6-14(7-17(12)24)27-19-16-4-5-20-25(16)11-15(22-19)13-8-21-23(2)9-13/h3-5,8-9,11-12,14,17H,1,6-7,10H2,2H3/t12?,14-,17?/m1/s1. The van der Waals surface area contributed by atoms with Crippen molar-refractivity contribution in [2.75, 3.05) is 6.54 Å². The van der Waals surface area contributed by atoms with Crippen LogP contribution in [-0.2, 0) is 11.8 Å². The maximum atomic E-state index is 11.9. The van der Waals surface area contributed by atoms with Crippen LogP contribution in [0.25, 0.3) is 16.8 Å². The van der Waals surface area contributed by atoms with Gasteiger partial charge in [-0.25, -0.2) is 9.50 Å². The summed E-state index contributed by atoms with van der Waals surface area (Å²) in [6.07, 6.45) is 10.5. The highest BCUT2D eigenvalue weighted by Gasteiger charge is 2.48. The van der Waals surface area contributed by atoms with Crippen LogP contribution in [0.15, 0.2) is 43.5 Å². The van der Waals surface area contributed by atoms with Gasteiger partial charge >= 0.3 is 0 Å². The van der Waals surface area contributed by atoms with E-state index < -0.39 is 0 Å². The van der Waals surface area contributed by atoms with Crippen molar-refractivity contribution in [2.24, 2.45) is 13.0 Å². The third-order valence-electron chi connectivity index (χ3n) is 5.54. The van der Waals surface area contributed by atoms with E-state index in [-0.39, 0.29) is 18.1 Å². The largest absolute Gasteiger partial charge is 0.473 e. The molecule has 5 rings (SSSR count). The van der Waals surface area contributed by atoms with Crippen molar-refractivity contribution in [2.45, 2.75) is 25.0 Å². The lowest BCUT2D eigenvalue weighted by Gasteiger charge is -2.43. The fraction of sp³-hybridized carbons (Fsp3) is 0.368. The number of carbonyl (C=O) groups is 1. The van der Waals surface area contributed by atoms with Crippen LogP contribution in [0.4, 0.5) is 0 Å². The van der Waals surface area contributed by atoms with Gasteiger partial charge in [-0.15, -0.1) is 0 Å². The lowest BCUT2D eigenvalue weighted by molar-refractivity contribution is -0.136. The minimum atomic E-state index is 0.00628. The molecule has 1 saturated heterocycles. The maximum Gasteiger partial charge on any atom is 0.246 e. The van der Waals surface area contributed by atoms with E-state index in [0.717, 1.165) is 36.2 Å². The molecule has 1 aliphatic heterocycles. The monoisotopic (exact) mass is 364 g/mol. The van der Waals surface area contributed by atoms with Gasteiger partial charge in [-0.05, 0) is 18.6 Å². The van der Waals surface area contributed by atoms with E-state index in [1.54, 1.807) is 21.6 Å². The van der Waals surface area contributed by atoms with Gasteiger partial charge in [0.05, 0.1) is 24.3 Å². The van der Waals surface area contributed by atoms with Gasteiger partial charge < -0.3 is 9.64 Å². The molecule has 3 aromatic rings. The van der Waals surface area contributed by atoms with E-state index in [1.807, 2.05) is 30.4 Å². The Bertz CT molecular complexity index is 1040. The second kappa shape index (κ2) is 5.94. The third-order valence-corrected chi connectivity index (χ3v) is 5.54. The quantitative estimate of drug-likeness (QED) is 0.659. The average Bonchev–Trinajstić information content (AvgIpc) is 3.36. The molecule has 3 atom stereocenters. The number of ether oxygens (including phenoxy) is 1. The SMILES string of the molecule is C=CC(=O)N1CC2C[C@@H](Oc3nc(-c4cnn(C)c4)cn4nccc34)CC21. The molecule has 1 aliphatic carbocycles. The molecule has 1 amide bonds. The number of fused-ring (bicyclic) bond motifs is 2. The number of hydrogen-bond donors (Lipinski definition) is 0. The number of aromatic nitrogens is 5. The van der Waals surface area contributed by atoms with E-state index >= 15 is 0 Å². The lowest BCUT2D eigenvalue weighted by atomic mass is 9.92. The van der Waals surface area contributed by atoms with Gasteiger partial charge in [-0.2, -0.15) is 10.2 Å². The molecule has 0 bridgehead atoms. The Morgan fingerprint density at radius 2 is 2.22 bits per heavy atom. The van der Waals surface area contributed by atoms with E-state index in [1.165, 1.54) is 6.08 Å². The molecule has 27 heavy (non-hydrogen) atoms. The van der Waals surface area contributed by atoms with E-state index in [0.29, 0.717) is 11.8 Å². The summed E-state index contributed by atoms with van der Waals surface area (Å²) in [5.74, 6) is 1.08. The average molecular weight is 364 g/mol. The predicted octanol–water partition coefficient (Wildman–Crippen LogP) is 1.68. The Hall–Kier alpha value is -3.16. The van der Waals surface area contributed by atoms with Crippen LogP contribution in [0, 0.1) is 5.92 Å². The Labute approximate surface area is 156 Å². The molecule has 4 heterocycles. The molecule has 2 aliphatic rings. The van der Waals surface area contributed by atoms with Crippen molar-refractivity contribution < 1.29 is 9.53 Å². The highest BCUT2D eigenvalue weighted by Crippen LogP contribution is 2.41. The molecule has 0 N–H and O–H groups in total. The number of amides is 1. The summed E-state index contributed by atoms with van der Waals surface area (Å²) < 4.78 is 9.82. The van der Waals surface area contributed by atoms with Crippen LogP contribution in [0.3, 0.4) is 0 Å². The maximum absolute atomic E-state index is 11.9. The van der Waals surface area contributed by atoms with Crippen LogP contribution in [0.2, 0.25) is 0 Å². The molecule has 2 unspecified atom stereocenters. The van der Waals surface area contributed by atoms with Crippen molar-refractivity contribution in [3.8, 4) is 17.1 Å². The van der Waals surface area contributed by atoms with Crippen molar-refractivity contribution >= 4 is 11.4 Å². The molecule has 138 valence electrons. The lowest BCUT2D eigenvalue weighted by Crippen LogP contribution is -2.55. The van der Waals surface area contributed by atoms with Crippen LogP contribution in [0.1, 0.15) is 12.8 Å². The molecule has 0 radical (unpaired) electrons. The summed E-state index contributed by atoms with van der Waals surface area (Å²) in [5, 5.41) is 8.56. The second-order valence-corrected chi connectivity index (χ2v) is 7.23. The summed E-state index contributed by atoms with van der Waals surface area (Å²) in [4.78, 5) is 18.5. The molecule has 8 heteroatoms. The summed E-state index contributed by atoms with van der Waals surface area (Å²) >= 11 is 0. The van der Waals surface area contributed by atoms with Gasteiger partial charge in [0.25, 0.3) is 0 Å². The third kappa shape index (κ3) is 2.59. The molecule has 0 aromatic carbocycles. The molecule has 8 nitrogen and oxygen atoms in total. The zero-order valence-corrected chi connectivity index (χ0v) is 15.0. The normalized spacial score (nSPS) is 23.9. The predicted molar refractivity (Wildman–Crippen MR) is 98.0 cm³/mol. The van der Waals surface area contributed by atoms with Crippen molar-refractivity contribution in [1.29, 1.82) is 0 Å². The first-order valence-corrected chi connectivity index (χ1v) is 9.05. The minimum Gasteiger partial charge on any atom is -0.473 e. The molecule has 0 spiro atoms. The summed E-state index contributed by atoms with van der Waals surface area (Å²) in [5.41, 5.74) is 2.51. The number of likely N-dealkylation sites (tertiary alicyclic amines) is 1. The molecule has 3 aromatic heterocycles. The molecular weight excluding hydrogens is 344 g/mol. The van der Waals surface area contributed by atoms with Gasteiger partial charge in [0.15, 0.2) is 0 Å². The van der Waals surface area contributed by atoms with Gasteiger partial charge in [-0.1, -0.05) is 6.58 Å². The first-order valence-electron chi connectivity index (χ1n) is 9.05. The number of hydrogen-bond acceptors (Lipinski definition) is 5. The van der Waals surface area contributed by atoms with E-state index in [2.05, 4.69) is 16.8 Å². The smallest absolute Gasteiger partial charge is 0.246 e. The summed E-state index contributed by atoms with van der Waals surface area (Å²) in [6.45, 7) is 4.38. The number of carbonyl (C=O) groups excluding carboxylic acids is 1. The molecular formula is C19H20N6O2. The molecule has 2 fully saturated rings.